The Bertz CT molecular complexity index is 574. The Morgan fingerprint density at radius 1 is 0.618 bits per heavy atom. The molecule has 0 fully saturated rings. The van der Waals surface area contributed by atoms with E-state index < -0.39 is 0 Å². The van der Waals surface area contributed by atoms with Crippen LogP contribution in [0.4, 0.5) is 5.69 Å². The quantitative estimate of drug-likeness (QED) is 0.104. The Hall–Kier alpha value is -1.71. The third-order valence-electron chi connectivity index (χ3n) is 6.63. The molecular formula is C30H54N2O2. The van der Waals surface area contributed by atoms with Crippen LogP contribution in [0.1, 0.15) is 135 Å². The summed E-state index contributed by atoms with van der Waals surface area (Å²) in [4.78, 5) is 11.9. The van der Waals surface area contributed by atoms with E-state index in [2.05, 4.69) is 17.6 Å². The highest BCUT2D eigenvalue weighted by Gasteiger charge is 2.01. The van der Waals surface area contributed by atoms with Crippen molar-refractivity contribution in [3.05, 3.63) is 24.3 Å². The van der Waals surface area contributed by atoms with Gasteiger partial charge in [0, 0.05) is 25.2 Å². The molecule has 0 atom stereocenters. The van der Waals surface area contributed by atoms with E-state index in [1.165, 1.54) is 109 Å². The first-order chi connectivity index (χ1) is 16.7. The summed E-state index contributed by atoms with van der Waals surface area (Å²) in [6.07, 6.45) is 25.3. The second-order valence-electron chi connectivity index (χ2n) is 9.94. The van der Waals surface area contributed by atoms with Crippen molar-refractivity contribution in [1.29, 1.82) is 0 Å². The van der Waals surface area contributed by atoms with Gasteiger partial charge in [0.2, 0.25) is 5.91 Å². The number of carbonyl (C=O) groups is 1. The second-order valence-corrected chi connectivity index (χ2v) is 9.94. The van der Waals surface area contributed by atoms with E-state index in [0.29, 0.717) is 12.2 Å². The maximum atomic E-state index is 11.9. The standard InChI is InChI=1S/C30H54N2O2/c1-2-3-4-5-6-7-9-12-15-18-21-30(34)32-27-20-17-14-11-8-10-13-16-19-26-31-28-22-24-29(33)25-23-28/h22-25,31,33H,2-21,26-27H2,1H3,(H,32,34). The molecule has 0 aliphatic rings. The molecule has 34 heavy (non-hydrogen) atoms. The molecule has 0 heterocycles. The highest BCUT2D eigenvalue weighted by Crippen LogP contribution is 2.15. The van der Waals surface area contributed by atoms with Crippen LogP contribution in [-0.4, -0.2) is 24.1 Å². The zero-order chi connectivity index (χ0) is 24.5. The van der Waals surface area contributed by atoms with Gasteiger partial charge in [-0.3, -0.25) is 4.79 Å². The number of phenolic OH excluding ortho intramolecular Hbond substituents is 1. The van der Waals surface area contributed by atoms with E-state index in [1.807, 2.05) is 12.1 Å². The summed E-state index contributed by atoms with van der Waals surface area (Å²) >= 11 is 0. The van der Waals surface area contributed by atoms with E-state index in [-0.39, 0.29) is 5.91 Å². The normalized spacial score (nSPS) is 11.0. The molecule has 3 N–H and O–H groups in total. The fraction of sp³-hybridized carbons (Fsp3) is 0.767. The van der Waals surface area contributed by atoms with E-state index in [0.717, 1.165) is 31.6 Å². The first kappa shape index (κ1) is 30.3. The van der Waals surface area contributed by atoms with Gasteiger partial charge in [0.15, 0.2) is 0 Å². The van der Waals surface area contributed by atoms with Crippen LogP contribution >= 0.6 is 0 Å². The molecule has 0 saturated heterocycles. The van der Waals surface area contributed by atoms with Crippen molar-refractivity contribution in [3.8, 4) is 5.75 Å². The minimum atomic E-state index is 0.250. The van der Waals surface area contributed by atoms with Crippen molar-refractivity contribution in [2.45, 2.75) is 135 Å². The molecule has 1 rings (SSSR count). The van der Waals surface area contributed by atoms with E-state index >= 15 is 0 Å². The molecule has 4 nitrogen and oxygen atoms in total. The Morgan fingerprint density at radius 3 is 1.59 bits per heavy atom. The van der Waals surface area contributed by atoms with Crippen molar-refractivity contribution < 1.29 is 9.90 Å². The highest BCUT2D eigenvalue weighted by atomic mass is 16.3. The van der Waals surface area contributed by atoms with Gasteiger partial charge in [0.1, 0.15) is 5.75 Å². The van der Waals surface area contributed by atoms with Crippen LogP contribution in [0, 0.1) is 0 Å². The largest absolute Gasteiger partial charge is 0.508 e. The van der Waals surface area contributed by atoms with Gasteiger partial charge in [-0.2, -0.15) is 0 Å². The second kappa shape index (κ2) is 23.1. The Balaban J connectivity index is 1.73. The summed E-state index contributed by atoms with van der Waals surface area (Å²) in [6.45, 7) is 4.11. The lowest BCUT2D eigenvalue weighted by atomic mass is 10.1. The third-order valence-corrected chi connectivity index (χ3v) is 6.63. The van der Waals surface area contributed by atoms with Gasteiger partial charge in [-0.15, -0.1) is 0 Å². The number of hydrogen-bond acceptors (Lipinski definition) is 3. The van der Waals surface area contributed by atoms with Crippen LogP contribution in [0.3, 0.4) is 0 Å². The average molecular weight is 475 g/mol. The van der Waals surface area contributed by atoms with Crippen LogP contribution in [0.15, 0.2) is 24.3 Å². The van der Waals surface area contributed by atoms with Gasteiger partial charge >= 0.3 is 0 Å². The van der Waals surface area contributed by atoms with Gasteiger partial charge in [0.05, 0.1) is 0 Å². The molecule has 1 amide bonds. The summed E-state index contributed by atoms with van der Waals surface area (Å²) in [6, 6.07) is 7.27. The molecule has 0 aliphatic heterocycles. The Labute approximate surface area is 210 Å². The maximum Gasteiger partial charge on any atom is 0.219 e. The molecule has 0 aliphatic carbocycles. The van der Waals surface area contributed by atoms with Gasteiger partial charge in [-0.05, 0) is 43.5 Å². The lowest BCUT2D eigenvalue weighted by molar-refractivity contribution is -0.121. The molecular weight excluding hydrogens is 420 g/mol. The van der Waals surface area contributed by atoms with Crippen molar-refractivity contribution >= 4 is 11.6 Å². The molecule has 0 spiro atoms. The molecule has 0 unspecified atom stereocenters. The van der Waals surface area contributed by atoms with E-state index in [1.54, 1.807) is 12.1 Å². The Kier molecular flexibility index (Phi) is 20.6. The van der Waals surface area contributed by atoms with Crippen LogP contribution < -0.4 is 10.6 Å². The number of anilines is 1. The molecule has 0 bridgehead atoms. The van der Waals surface area contributed by atoms with Crippen LogP contribution in [-0.2, 0) is 4.79 Å². The van der Waals surface area contributed by atoms with Crippen molar-refractivity contribution in [2.24, 2.45) is 0 Å². The number of carbonyl (C=O) groups excluding carboxylic acids is 1. The van der Waals surface area contributed by atoms with Gasteiger partial charge in [0.25, 0.3) is 0 Å². The number of nitrogens with one attached hydrogen (secondary N) is 2. The van der Waals surface area contributed by atoms with Crippen molar-refractivity contribution in [3.63, 3.8) is 0 Å². The lowest BCUT2D eigenvalue weighted by Gasteiger charge is -2.07. The minimum Gasteiger partial charge on any atom is -0.508 e. The average Bonchev–Trinajstić information content (AvgIpc) is 2.84. The third kappa shape index (κ3) is 19.7. The first-order valence-electron chi connectivity index (χ1n) is 14.5. The maximum absolute atomic E-state index is 11.9. The molecule has 1 aromatic carbocycles. The topological polar surface area (TPSA) is 61.4 Å². The number of aromatic hydroxyl groups is 1. The van der Waals surface area contributed by atoms with Gasteiger partial charge < -0.3 is 15.7 Å². The highest BCUT2D eigenvalue weighted by molar-refractivity contribution is 5.75. The van der Waals surface area contributed by atoms with Crippen molar-refractivity contribution in [1.82, 2.24) is 5.32 Å². The number of phenols is 1. The van der Waals surface area contributed by atoms with Gasteiger partial charge in [-0.25, -0.2) is 0 Å². The summed E-state index contributed by atoms with van der Waals surface area (Å²) in [7, 11) is 0. The summed E-state index contributed by atoms with van der Waals surface area (Å²) in [5, 5.41) is 15.8. The predicted octanol–water partition coefficient (Wildman–Crippen LogP) is 8.74. The monoisotopic (exact) mass is 474 g/mol. The fourth-order valence-electron chi connectivity index (χ4n) is 4.39. The van der Waals surface area contributed by atoms with E-state index in [4.69, 9.17) is 0 Å². The lowest BCUT2D eigenvalue weighted by Crippen LogP contribution is -2.23. The predicted molar refractivity (Wildman–Crippen MR) is 148 cm³/mol. The summed E-state index contributed by atoms with van der Waals surface area (Å²) < 4.78 is 0. The molecule has 0 aromatic heterocycles. The molecule has 0 saturated carbocycles. The van der Waals surface area contributed by atoms with Gasteiger partial charge in [-0.1, -0.05) is 110 Å². The van der Waals surface area contributed by atoms with Crippen LogP contribution in [0.5, 0.6) is 5.75 Å². The smallest absolute Gasteiger partial charge is 0.219 e. The SMILES string of the molecule is CCCCCCCCCCCCC(=O)NCCCCCCCCCCCNc1ccc(O)cc1. The number of amides is 1. The molecule has 0 radical (unpaired) electrons. The van der Waals surface area contributed by atoms with Crippen LogP contribution in [0.25, 0.3) is 0 Å². The molecule has 1 aromatic rings. The number of rotatable bonds is 24. The van der Waals surface area contributed by atoms with E-state index in [9.17, 15) is 9.90 Å². The van der Waals surface area contributed by atoms with Crippen LogP contribution in [0.2, 0.25) is 0 Å². The minimum absolute atomic E-state index is 0.250. The summed E-state index contributed by atoms with van der Waals surface area (Å²) in [5.41, 5.74) is 1.08. The molecule has 196 valence electrons. The summed E-state index contributed by atoms with van der Waals surface area (Å²) in [5.74, 6) is 0.564. The zero-order valence-corrected chi connectivity index (χ0v) is 22.2. The number of benzene rings is 1. The first-order valence-corrected chi connectivity index (χ1v) is 14.5. The van der Waals surface area contributed by atoms with Crippen molar-refractivity contribution in [2.75, 3.05) is 18.4 Å². The zero-order valence-electron chi connectivity index (χ0n) is 22.2. The number of unbranched alkanes of at least 4 members (excludes halogenated alkanes) is 17. The fourth-order valence-corrected chi connectivity index (χ4v) is 4.39. The molecule has 4 heteroatoms. The Morgan fingerprint density at radius 2 is 1.06 bits per heavy atom. The number of hydrogen-bond donors (Lipinski definition) is 3.